The summed E-state index contributed by atoms with van der Waals surface area (Å²) in [7, 11) is 0. The van der Waals surface area contributed by atoms with Gasteiger partial charge in [0.2, 0.25) is 0 Å². The van der Waals surface area contributed by atoms with E-state index in [9.17, 15) is 4.79 Å². The van der Waals surface area contributed by atoms with E-state index < -0.39 is 0 Å². The van der Waals surface area contributed by atoms with Crippen molar-refractivity contribution in [2.75, 3.05) is 43.4 Å². The molecule has 2 rings (SSSR count). The molecule has 1 aromatic rings. The maximum atomic E-state index is 11.7. The molecule has 0 aliphatic carbocycles. The van der Waals surface area contributed by atoms with E-state index >= 15 is 0 Å². The molecule has 0 spiro atoms. The van der Waals surface area contributed by atoms with Gasteiger partial charge in [-0.1, -0.05) is 0 Å². The number of nitrogens with two attached hydrogens (primary N) is 1. The van der Waals surface area contributed by atoms with Crippen LogP contribution in [0, 0.1) is 0 Å². The quantitative estimate of drug-likeness (QED) is 0.788. The van der Waals surface area contributed by atoms with E-state index in [2.05, 4.69) is 20.2 Å². The molecular weight excluding hydrogens is 250 g/mol. The normalized spacial score (nSPS) is 16.4. The van der Waals surface area contributed by atoms with Crippen LogP contribution < -0.4 is 11.1 Å². The second-order valence-electron chi connectivity index (χ2n) is 4.04. The van der Waals surface area contributed by atoms with Crippen molar-refractivity contribution in [1.29, 1.82) is 0 Å². The van der Waals surface area contributed by atoms with Gasteiger partial charge in [0.25, 0.3) is 5.91 Å². The molecule has 0 radical (unpaired) electrons. The molecule has 1 aromatic heterocycles. The maximum absolute atomic E-state index is 11.7. The van der Waals surface area contributed by atoms with Crippen LogP contribution in [-0.2, 0) is 0 Å². The van der Waals surface area contributed by atoms with Crippen LogP contribution >= 0.6 is 11.8 Å². The number of aromatic nitrogens is 2. The summed E-state index contributed by atoms with van der Waals surface area (Å²) in [4.78, 5) is 21.9. The number of anilines is 1. The van der Waals surface area contributed by atoms with Gasteiger partial charge in [-0.2, -0.15) is 11.8 Å². The Balaban J connectivity index is 1.74. The van der Waals surface area contributed by atoms with Crippen LogP contribution in [0.2, 0.25) is 0 Å². The number of nitrogens with zero attached hydrogens (tertiary/aromatic N) is 3. The Morgan fingerprint density at radius 1 is 1.44 bits per heavy atom. The third-order valence-electron chi connectivity index (χ3n) is 2.70. The van der Waals surface area contributed by atoms with Crippen LogP contribution in [0.15, 0.2) is 12.4 Å². The Morgan fingerprint density at radius 3 is 2.94 bits per heavy atom. The fraction of sp³-hybridized carbons (Fsp3) is 0.545. The zero-order valence-electron chi connectivity index (χ0n) is 10.1. The molecular formula is C11H17N5OS. The van der Waals surface area contributed by atoms with E-state index in [4.69, 9.17) is 5.73 Å². The van der Waals surface area contributed by atoms with Crippen LogP contribution in [0.25, 0.3) is 0 Å². The molecule has 6 nitrogen and oxygen atoms in total. The SMILES string of the molecule is Nc1cncc(C(=O)NCCN2CCSCC2)n1. The van der Waals surface area contributed by atoms with Crippen molar-refractivity contribution >= 4 is 23.5 Å². The van der Waals surface area contributed by atoms with Crippen LogP contribution in [0.4, 0.5) is 5.82 Å². The van der Waals surface area contributed by atoms with Gasteiger partial charge in [-0.05, 0) is 0 Å². The van der Waals surface area contributed by atoms with Gasteiger partial charge < -0.3 is 11.1 Å². The lowest BCUT2D eigenvalue weighted by Crippen LogP contribution is -2.39. The number of thioether (sulfide) groups is 1. The lowest BCUT2D eigenvalue weighted by molar-refractivity contribution is 0.0943. The maximum Gasteiger partial charge on any atom is 0.271 e. The zero-order valence-corrected chi connectivity index (χ0v) is 10.9. The van der Waals surface area contributed by atoms with E-state index in [0.717, 1.165) is 19.6 Å². The van der Waals surface area contributed by atoms with Gasteiger partial charge in [-0.25, -0.2) is 4.98 Å². The van der Waals surface area contributed by atoms with Gasteiger partial charge in [0.15, 0.2) is 0 Å². The van der Waals surface area contributed by atoms with Crippen LogP contribution in [0.5, 0.6) is 0 Å². The molecule has 3 N–H and O–H groups in total. The average molecular weight is 267 g/mol. The second kappa shape index (κ2) is 6.55. The molecule has 1 fully saturated rings. The first-order valence-corrected chi connectivity index (χ1v) is 7.07. The topological polar surface area (TPSA) is 84.1 Å². The first-order valence-electron chi connectivity index (χ1n) is 5.91. The van der Waals surface area contributed by atoms with Crippen LogP contribution in [0.1, 0.15) is 10.5 Å². The first-order chi connectivity index (χ1) is 8.75. The summed E-state index contributed by atoms with van der Waals surface area (Å²) in [6.07, 6.45) is 2.84. The zero-order chi connectivity index (χ0) is 12.8. The number of carbonyl (C=O) groups excluding carboxylic acids is 1. The highest BCUT2D eigenvalue weighted by molar-refractivity contribution is 7.99. The highest BCUT2D eigenvalue weighted by atomic mass is 32.2. The molecule has 1 aliphatic heterocycles. The summed E-state index contributed by atoms with van der Waals surface area (Å²) in [5.74, 6) is 2.39. The van der Waals surface area contributed by atoms with Crippen LogP contribution in [0.3, 0.4) is 0 Å². The van der Waals surface area contributed by atoms with E-state index in [1.807, 2.05) is 11.8 Å². The first kappa shape index (κ1) is 13.1. The number of rotatable bonds is 4. The van der Waals surface area contributed by atoms with E-state index in [-0.39, 0.29) is 17.4 Å². The van der Waals surface area contributed by atoms with Crippen molar-refractivity contribution in [3.05, 3.63) is 18.1 Å². The minimum atomic E-state index is -0.221. The molecule has 0 unspecified atom stereocenters. The highest BCUT2D eigenvalue weighted by Gasteiger charge is 2.11. The summed E-state index contributed by atoms with van der Waals surface area (Å²) < 4.78 is 0. The van der Waals surface area contributed by atoms with Crippen molar-refractivity contribution in [2.45, 2.75) is 0 Å². The molecule has 0 bridgehead atoms. The van der Waals surface area contributed by atoms with Gasteiger partial charge >= 0.3 is 0 Å². The van der Waals surface area contributed by atoms with E-state index in [1.54, 1.807) is 0 Å². The molecule has 7 heteroatoms. The predicted octanol–water partition coefficient (Wildman–Crippen LogP) is -0.163. The Labute approximate surface area is 110 Å². The third-order valence-corrected chi connectivity index (χ3v) is 3.65. The Morgan fingerprint density at radius 2 is 2.22 bits per heavy atom. The Kier molecular flexibility index (Phi) is 4.77. The monoisotopic (exact) mass is 267 g/mol. The van der Waals surface area contributed by atoms with Crippen molar-refractivity contribution in [2.24, 2.45) is 0 Å². The Hall–Kier alpha value is -1.34. The Bertz CT molecular complexity index is 408. The lowest BCUT2D eigenvalue weighted by Gasteiger charge is -2.25. The summed E-state index contributed by atoms with van der Waals surface area (Å²) in [6.45, 7) is 3.69. The largest absolute Gasteiger partial charge is 0.382 e. The van der Waals surface area contributed by atoms with E-state index in [1.165, 1.54) is 23.9 Å². The van der Waals surface area contributed by atoms with Gasteiger partial charge in [-0.3, -0.25) is 14.7 Å². The molecule has 1 aliphatic rings. The van der Waals surface area contributed by atoms with Gasteiger partial charge in [-0.15, -0.1) is 0 Å². The van der Waals surface area contributed by atoms with Gasteiger partial charge in [0.05, 0.1) is 12.4 Å². The van der Waals surface area contributed by atoms with Crippen molar-refractivity contribution in [3.8, 4) is 0 Å². The van der Waals surface area contributed by atoms with Crippen molar-refractivity contribution in [3.63, 3.8) is 0 Å². The predicted molar refractivity (Wildman–Crippen MR) is 72.5 cm³/mol. The highest BCUT2D eigenvalue weighted by Crippen LogP contribution is 2.07. The lowest BCUT2D eigenvalue weighted by atomic mass is 10.4. The minimum Gasteiger partial charge on any atom is -0.382 e. The summed E-state index contributed by atoms with van der Waals surface area (Å²) >= 11 is 1.98. The standard InChI is InChI=1S/C11H17N5OS/c12-10-8-13-7-9(15-10)11(17)14-1-2-16-3-5-18-6-4-16/h7-8H,1-6H2,(H2,12,15)(H,14,17). The molecule has 2 heterocycles. The number of nitrogens with one attached hydrogen (secondary N) is 1. The second-order valence-corrected chi connectivity index (χ2v) is 5.26. The number of nitrogen functional groups attached to an aromatic ring is 1. The molecule has 98 valence electrons. The summed E-state index contributed by atoms with van der Waals surface area (Å²) in [5, 5.41) is 2.83. The van der Waals surface area contributed by atoms with Gasteiger partial charge in [0, 0.05) is 37.7 Å². The smallest absolute Gasteiger partial charge is 0.271 e. The number of amides is 1. The fourth-order valence-corrected chi connectivity index (χ4v) is 2.71. The van der Waals surface area contributed by atoms with E-state index in [0.29, 0.717) is 6.54 Å². The molecule has 0 atom stereocenters. The summed E-state index contributed by atoms with van der Waals surface area (Å²) in [5.41, 5.74) is 5.75. The average Bonchev–Trinajstić information content (AvgIpc) is 2.40. The third kappa shape index (κ3) is 3.85. The fourth-order valence-electron chi connectivity index (χ4n) is 1.73. The molecule has 1 saturated heterocycles. The minimum absolute atomic E-state index is 0.221. The van der Waals surface area contributed by atoms with Crippen LogP contribution in [-0.4, -0.2) is 58.5 Å². The molecule has 18 heavy (non-hydrogen) atoms. The van der Waals surface area contributed by atoms with Crippen molar-refractivity contribution in [1.82, 2.24) is 20.2 Å². The number of carbonyl (C=O) groups is 1. The summed E-state index contributed by atoms with van der Waals surface area (Å²) in [6, 6.07) is 0. The van der Waals surface area contributed by atoms with Gasteiger partial charge in [0.1, 0.15) is 11.5 Å². The number of hydrogen-bond acceptors (Lipinski definition) is 6. The molecule has 0 saturated carbocycles. The molecule has 1 amide bonds. The van der Waals surface area contributed by atoms with Crippen molar-refractivity contribution < 1.29 is 4.79 Å². The number of hydrogen-bond donors (Lipinski definition) is 2. The molecule has 0 aromatic carbocycles.